The van der Waals surface area contributed by atoms with Crippen LogP contribution in [0.25, 0.3) is 0 Å². The monoisotopic (exact) mass is 429 g/mol. The third kappa shape index (κ3) is 3.24. The van der Waals surface area contributed by atoms with E-state index in [-0.39, 0.29) is 17.8 Å². The average Bonchev–Trinajstić information content (AvgIpc) is 3.60. The molecule has 8 nitrogen and oxygen atoms in total. The van der Waals surface area contributed by atoms with Crippen LogP contribution in [-0.2, 0) is 16.8 Å². The number of amides is 2. The first-order valence-corrected chi connectivity index (χ1v) is 10.4. The highest BCUT2D eigenvalue weighted by atomic mass is 16.5. The summed E-state index contributed by atoms with van der Waals surface area (Å²) in [6.07, 6.45) is 3.20. The van der Waals surface area contributed by atoms with E-state index in [0.717, 1.165) is 35.3 Å². The van der Waals surface area contributed by atoms with Gasteiger partial charge in [-0.3, -0.25) is 9.59 Å². The zero-order valence-electron chi connectivity index (χ0n) is 17.9. The van der Waals surface area contributed by atoms with E-state index in [1.54, 1.807) is 42.5 Å². The predicted octanol–water partition coefficient (Wildman–Crippen LogP) is 3.21. The van der Waals surface area contributed by atoms with Crippen LogP contribution in [0.4, 0.5) is 17.3 Å². The van der Waals surface area contributed by atoms with Gasteiger partial charge in [-0.15, -0.1) is 0 Å². The Morgan fingerprint density at radius 3 is 2.78 bits per heavy atom. The van der Waals surface area contributed by atoms with Crippen molar-refractivity contribution in [3.8, 4) is 5.75 Å². The molecular formula is C24H23N5O3. The van der Waals surface area contributed by atoms with Gasteiger partial charge in [-0.1, -0.05) is 12.1 Å². The van der Waals surface area contributed by atoms with Gasteiger partial charge in [0.25, 0.3) is 5.91 Å². The SMILES string of the molecule is COc1cccc(C(=O)Nc2ccc(C)c(N3Cc4cnc(N)nc4C4(CC4)C3=O)c2)c1. The molecule has 2 heterocycles. The summed E-state index contributed by atoms with van der Waals surface area (Å²) in [7, 11) is 1.56. The van der Waals surface area contributed by atoms with E-state index in [0.29, 0.717) is 23.5 Å². The Morgan fingerprint density at radius 1 is 1.22 bits per heavy atom. The summed E-state index contributed by atoms with van der Waals surface area (Å²) in [6.45, 7) is 2.31. The summed E-state index contributed by atoms with van der Waals surface area (Å²) in [4.78, 5) is 36.5. The van der Waals surface area contributed by atoms with Crippen LogP contribution in [0, 0.1) is 6.92 Å². The Hall–Kier alpha value is -3.94. The fourth-order valence-corrected chi connectivity index (χ4v) is 4.27. The van der Waals surface area contributed by atoms with Crippen molar-refractivity contribution in [1.29, 1.82) is 0 Å². The molecule has 1 spiro atoms. The number of aromatic nitrogens is 2. The van der Waals surface area contributed by atoms with Crippen LogP contribution in [-0.4, -0.2) is 28.9 Å². The fraction of sp³-hybridized carbons (Fsp3) is 0.250. The summed E-state index contributed by atoms with van der Waals surface area (Å²) in [5, 5.41) is 2.92. The highest BCUT2D eigenvalue weighted by Crippen LogP contribution is 2.53. The van der Waals surface area contributed by atoms with E-state index in [9.17, 15) is 9.59 Å². The van der Waals surface area contributed by atoms with Gasteiger partial charge < -0.3 is 20.7 Å². The molecule has 0 atom stereocenters. The molecule has 0 radical (unpaired) electrons. The molecule has 0 unspecified atom stereocenters. The first-order chi connectivity index (χ1) is 15.4. The van der Waals surface area contributed by atoms with E-state index in [4.69, 9.17) is 10.5 Å². The molecule has 1 fully saturated rings. The van der Waals surface area contributed by atoms with Gasteiger partial charge in [-0.05, 0) is 55.7 Å². The van der Waals surface area contributed by atoms with E-state index in [2.05, 4.69) is 15.3 Å². The Balaban J connectivity index is 1.46. The topological polar surface area (TPSA) is 110 Å². The van der Waals surface area contributed by atoms with E-state index < -0.39 is 5.41 Å². The molecule has 0 saturated heterocycles. The number of hydrogen-bond acceptors (Lipinski definition) is 6. The first kappa shape index (κ1) is 20.0. The number of hydrogen-bond donors (Lipinski definition) is 2. The van der Waals surface area contributed by atoms with Crippen molar-refractivity contribution >= 4 is 29.1 Å². The smallest absolute Gasteiger partial charge is 0.255 e. The molecule has 32 heavy (non-hydrogen) atoms. The summed E-state index contributed by atoms with van der Waals surface area (Å²) in [6, 6.07) is 12.5. The molecule has 8 heteroatoms. The predicted molar refractivity (Wildman–Crippen MR) is 121 cm³/mol. The number of carbonyl (C=O) groups is 2. The number of nitrogens with one attached hydrogen (secondary N) is 1. The molecule has 3 N–H and O–H groups in total. The third-order valence-electron chi connectivity index (χ3n) is 6.16. The fourth-order valence-electron chi connectivity index (χ4n) is 4.27. The summed E-state index contributed by atoms with van der Waals surface area (Å²) < 4.78 is 5.20. The molecule has 162 valence electrons. The van der Waals surface area contributed by atoms with Gasteiger partial charge in [0, 0.05) is 28.7 Å². The van der Waals surface area contributed by atoms with Crippen molar-refractivity contribution < 1.29 is 14.3 Å². The number of fused-ring (bicyclic) bond motifs is 2. The minimum absolute atomic E-state index is 0.0162. The summed E-state index contributed by atoms with van der Waals surface area (Å²) >= 11 is 0. The number of rotatable bonds is 4. The minimum Gasteiger partial charge on any atom is -0.497 e. The largest absolute Gasteiger partial charge is 0.497 e. The Labute approximate surface area is 185 Å². The maximum Gasteiger partial charge on any atom is 0.255 e. The van der Waals surface area contributed by atoms with Crippen LogP contribution < -0.4 is 20.7 Å². The molecule has 1 aliphatic carbocycles. The quantitative estimate of drug-likeness (QED) is 0.659. The maximum atomic E-state index is 13.5. The second-order valence-electron chi connectivity index (χ2n) is 8.26. The third-order valence-corrected chi connectivity index (χ3v) is 6.16. The van der Waals surface area contributed by atoms with Crippen molar-refractivity contribution in [3.05, 3.63) is 71.0 Å². The zero-order chi connectivity index (χ0) is 22.5. The maximum absolute atomic E-state index is 13.5. The van der Waals surface area contributed by atoms with Gasteiger partial charge in [0.2, 0.25) is 11.9 Å². The molecular weight excluding hydrogens is 406 g/mol. The number of ether oxygens (including phenoxy) is 1. The lowest BCUT2D eigenvalue weighted by atomic mass is 9.91. The van der Waals surface area contributed by atoms with E-state index in [1.807, 2.05) is 25.1 Å². The van der Waals surface area contributed by atoms with Crippen molar-refractivity contribution in [3.63, 3.8) is 0 Å². The number of anilines is 3. The van der Waals surface area contributed by atoms with Crippen molar-refractivity contribution in [2.45, 2.75) is 31.7 Å². The van der Waals surface area contributed by atoms with Gasteiger partial charge in [0.15, 0.2) is 0 Å². The Morgan fingerprint density at radius 2 is 2.03 bits per heavy atom. The second-order valence-corrected chi connectivity index (χ2v) is 8.26. The number of nitrogens with zero attached hydrogens (tertiary/aromatic N) is 3. The van der Waals surface area contributed by atoms with Crippen LogP contribution in [0.5, 0.6) is 5.75 Å². The highest BCUT2D eigenvalue weighted by molar-refractivity contribution is 6.07. The van der Waals surface area contributed by atoms with Gasteiger partial charge in [0.05, 0.1) is 24.8 Å². The summed E-state index contributed by atoms with van der Waals surface area (Å²) in [5.74, 6) is 0.561. The molecule has 3 aromatic rings. The lowest BCUT2D eigenvalue weighted by Crippen LogP contribution is -2.45. The van der Waals surface area contributed by atoms with Crippen molar-refractivity contribution in [1.82, 2.24) is 9.97 Å². The zero-order valence-corrected chi connectivity index (χ0v) is 17.9. The molecule has 2 aliphatic rings. The lowest BCUT2D eigenvalue weighted by Gasteiger charge is -2.34. The Kier molecular flexibility index (Phi) is 4.58. The average molecular weight is 429 g/mol. The van der Waals surface area contributed by atoms with E-state index >= 15 is 0 Å². The normalized spacial score (nSPS) is 15.9. The molecule has 1 aromatic heterocycles. The minimum atomic E-state index is -0.614. The van der Waals surface area contributed by atoms with Crippen LogP contribution >= 0.6 is 0 Å². The molecule has 0 bridgehead atoms. The molecule has 1 saturated carbocycles. The van der Waals surface area contributed by atoms with Gasteiger partial charge in [0.1, 0.15) is 5.75 Å². The van der Waals surface area contributed by atoms with Crippen LogP contribution in [0.15, 0.2) is 48.7 Å². The lowest BCUT2D eigenvalue weighted by molar-refractivity contribution is -0.121. The molecule has 2 amide bonds. The number of carbonyl (C=O) groups excluding carboxylic acids is 2. The van der Waals surface area contributed by atoms with Crippen molar-refractivity contribution in [2.24, 2.45) is 0 Å². The van der Waals surface area contributed by atoms with Crippen LogP contribution in [0.2, 0.25) is 0 Å². The number of nitrogens with two attached hydrogens (primary N) is 1. The number of nitrogen functional groups attached to an aromatic ring is 1. The standard InChI is InChI=1S/C24H23N5O3/c1-14-6-7-17(27-21(30)15-4-3-5-18(10-15)32-2)11-19(14)29-13-16-12-26-23(25)28-20(16)24(8-9-24)22(29)31/h3-7,10-12H,8-9,13H2,1-2H3,(H,27,30)(H2,25,26,28). The number of benzene rings is 2. The van der Waals surface area contributed by atoms with Crippen LogP contribution in [0.3, 0.4) is 0 Å². The van der Waals surface area contributed by atoms with Gasteiger partial charge >= 0.3 is 0 Å². The molecule has 2 aromatic carbocycles. The van der Waals surface area contributed by atoms with Crippen molar-refractivity contribution in [2.75, 3.05) is 23.1 Å². The second kappa shape index (κ2) is 7.33. The molecule has 1 aliphatic heterocycles. The number of methoxy groups -OCH3 is 1. The van der Waals surface area contributed by atoms with E-state index in [1.165, 1.54) is 0 Å². The highest BCUT2D eigenvalue weighted by Gasteiger charge is 2.58. The van der Waals surface area contributed by atoms with Gasteiger partial charge in [-0.25, -0.2) is 9.97 Å². The summed E-state index contributed by atoms with van der Waals surface area (Å²) in [5.41, 5.74) is 9.62. The number of aryl methyl sites for hydroxylation is 1. The van der Waals surface area contributed by atoms with Gasteiger partial charge in [-0.2, -0.15) is 0 Å². The first-order valence-electron chi connectivity index (χ1n) is 10.4. The molecule has 5 rings (SSSR count). The van der Waals surface area contributed by atoms with Crippen LogP contribution in [0.1, 0.15) is 40.0 Å². The Bertz CT molecular complexity index is 1250.